The number of aliphatic imine (C=N–C) groups is 1. The molecule has 3 unspecified atom stereocenters. The summed E-state index contributed by atoms with van der Waals surface area (Å²) in [6.45, 7) is 15.8. The van der Waals surface area contributed by atoms with Crippen molar-refractivity contribution in [2.45, 2.75) is 65.7 Å². The summed E-state index contributed by atoms with van der Waals surface area (Å²) in [5.41, 5.74) is -0.488. The summed E-state index contributed by atoms with van der Waals surface area (Å²) < 4.78 is 16.6. The molecule has 1 saturated heterocycles. The molecule has 1 aliphatic rings. The number of hydrogen-bond acceptors (Lipinski definition) is 5. The predicted octanol–water partition coefficient (Wildman–Crippen LogP) is 2.86. The van der Waals surface area contributed by atoms with E-state index < -0.39 is 5.60 Å². The molecule has 29 heavy (non-hydrogen) atoms. The summed E-state index contributed by atoms with van der Waals surface area (Å²) in [7, 11) is 1.75. The number of amides is 1. The van der Waals surface area contributed by atoms with Gasteiger partial charge in [0, 0.05) is 39.3 Å². The van der Waals surface area contributed by atoms with Crippen LogP contribution in [0.4, 0.5) is 4.79 Å². The van der Waals surface area contributed by atoms with Gasteiger partial charge in [-0.2, -0.15) is 0 Å². The first-order valence-electron chi connectivity index (χ1n) is 10.3. The summed E-state index contributed by atoms with van der Waals surface area (Å²) in [4.78, 5) is 18.3. The van der Waals surface area contributed by atoms with Gasteiger partial charge in [-0.3, -0.25) is 4.99 Å². The normalized spacial score (nSPS) is 19.1. The fraction of sp³-hybridized carbons (Fsp3) is 0.900. The average molecular weight is 528 g/mol. The summed E-state index contributed by atoms with van der Waals surface area (Å²) >= 11 is 0. The molecule has 3 atom stereocenters. The van der Waals surface area contributed by atoms with Gasteiger partial charge in [0.25, 0.3) is 0 Å². The molecule has 0 aromatic rings. The van der Waals surface area contributed by atoms with Gasteiger partial charge in [-0.15, -0.1) is 24.0 Å². The summed E-state index contributed by atoms with van der Waals surface area (Å²) in [6, 6.07) is 0.137. The van der Waals surface area contributed by atoms with E-state index in [0.29, 0.717) is 26.3 Å². The Balaban J connectivity index is 0.00000784. The van der Waals surface area contributed by atoms with Crippen LogP contribution in [0.5, 0.6) is 0 Å². The zero-order valence-electron chi connectivity index (χ0n) is 19.1. The van der Waals surface area contributed by atoms with Gasteiger partial charge in [-0.05, 0) is 47.0 Å². The largest absolute Gasteiger partial charge is 0.444 e. The van der Waals surface area contributed by atoms with Crippen LogP contribution >= 0.6 is 24.0 Å². The van der Waals surface area contributed by atoms with Gasteiger partial charge in [0.05, 0.1) is 19.3 Å². The van der Waals surface area contributed by atoms with Crippen molar-refractivity contribution in [3.8, 4) is 0 Å². The number of hydrogen-bond donors (Lipinski definition) is 2. The molecule has 1 aliphatic heterocycles. The Morgan fingerprint density at radius 1 is 1.34 bits per heavy atom. The topological polar surface area (TPSA) is 84.4 Å². The third-order valence-electron chi connectivity index (χ3n) is 4.05. The number of ether oxygens (including phenoxy) is 3. The molecule has 2 N–H and O–H groups in total. The fourth-order valence-electron chi connectivity index (χ4n) is 2.71. The van der Waals surface area contributed by atoms with E-state index in [1.807, 2.05) is 27.7 Å². The molecule has 0 aromatic carbocycles. The van der Waals surface area contributed by atoms with Crippen LogP contribution in [0.2, 0.25) is 0 Å². The second kappa shape index (κ2) is 14.2. The van der Waals surface area contributed by atoms with E-state index in [1.165, 1.54) is 0 Å². The van der Waals surface area contributed by atoms with Gasteiger partial charge >= 0.3 is 6.09 Å². The lowest BCUT2D eigenvalue weighted by Gasteiger charge is -2.26. The smallest absolute Gasteiger partial charge is 0.410 e. The van der Waals surface area contributed by atoms with Crippen molar-refractivity contribution in [2.24, 2.45) is 10.9 Å². The standard InChI is InChI=1S/C20H40N4O4.HI/c1-8-21-18(23-16(3)13-27-17-9-10-26-14-17)22-11-15(2)12-24(7)19(25)28-20(4,5)6;/h15-17H,8-14H2,1-7H3,(H2,21,22,23);1H. The van der Waals surface area contributed by atoms with Gasteiger partial charge in [-0.25, -0.2) is 4.79 Å². The Morgan fingerprint density at radius 3 is 2.59 bits per heavy atom. The third kappa shape index (κ3) is 13.2. The molecule has 9 heteroatoms. The second-order valence-corrected chi connectivity index (χ2v) is 8.55. The van der Waals surface area contributed by atoms with Crippen LogP contribution in [0.25, 0.3) is 0 Å². The fourth-order valence-corrected chi connectivity index (χ4v) is 2.71. The minimum Gasteiger partial charge on any atom is -0.444 e. The third-order valence-corrected chi connectivity index (χ3v) is 4.05. The van der Waals surface area contributed by atoms with Gasteiger partial charge < -0.3 is 29.7 Å². The van der Waals surface area contributed by atoms with Crippen LogP contribution in [0.1, 0.15) is 48.0 Å². The van der Waals surface area contributed by atoms with Crippen LogP contribution in [0.3, 0.4) is 0 Å². The van der Waals surface area contributed by atoms with Crippen LogP contribution in [-0.4, -0.2) is 81.2 Å². The molecule has 1 fully saturated rings. The Bertz CT molecular complexity index is 493. The van der Waals surface area contributed by atoms with E-state index in [-0.39, 0.29) is 48.1 Å². The second-order valence-electron chi connectivity index (χ2n) is 8.55. The molecule has 1 amide bonds. The summed E-state index contributed by atoms with van der Waals surface area (Å²) in [5, 5.41) is 6.63. The summed E-state index contributed by atoms with van der Waals surface area (Å²) in [5.74, 6) is 0.961. The molecule has 0 radical (unpaired) electrons. The van der Waals surface area contributed by atoms with Crippen LogP contribution in [0.15, 0.2) is 4.99 Å². The lowest BCUT2D eigenvalue weighted by molar-refractivity contribution is 0.0278. The van der Waals surface area contributed by atoms with Gasteiger partial charge in [0.15, 0.2) is 5.96 Å². The van der Waals surface area contributed by atoms with E-state index in [2.05, 4.69) is 29.5 Å². The maximum absolute atomic E-state index is 12.1. The Hall–Kier alpha value is -0.810. The van der Waals surface area contributed by atoms with Gasteiger partial charge in [0.1, 0.15) is 5.60 Å². The highest BCUT2D eigenvalue weighted by Crippen LogP contribution is 2.10. The first kappa shape index (κ1) is 28.2. The van der Waals surface area contributed by atoms with Crippen molar-refractivity contribution >= 4 is 36.0 Å². The van der Waals surface area contributed by atoms with E-state index in [1.54, 1.807) is 11.9 Å². The minimum atomic E-state index is -0.488. The maximum Gasteiger partial charge on any atom is 0.410 e. The van der Waals surface area contributed by atoms with Crippen molar-refractivity contribution in [3.63, 3.8) is 0 Å². The Morgan fingerprint density at radius 2 is 2.03 bits per heavy atom. The van der Waals surface area contributed by atoms with Crippen molar-refractivity contribution in [2.75, 3.05) is 46.5 Å². The first-order chi connectivity index (χ1) is 13.1. The highest BCUT2D eigenvalue weighted by Gasteiger charge is 2.21. The molecule has 172 valence electrons. The lowest BCUT2D eigenvalue weighted by atomic mass is 10.2. The van der Waals surface area contributed by atoms with E-state index in [0.717, 1.165) is 25.5 Å². The van der Waals surface area contributed by atoms with Crippen molar-refractivity contribution in [1.29, 1.82) is 0 Å². The highest BCUT2D eigenvalue weighted by molar-refractivity contribution is 14.0. The van der Waals surface area contributed by atoms with Crippen molar-refractivity contribution in [1.82, 2.24) is 15.5 Å². The minimum absolute atomic E-state index is 0. The molecule has 1 rings (SSSR count). The monoisotopic (exact) mass is 528 g/mol. The number of rotatable bonds is 9. The molecule has 0 aromatic heterocycles. The van der Waals surface area contributed by atoms with Gasteiger partial charge in [0.2, 0.25) is 0 Å². The molecular weight excluding hydrogens is 487 g/mol. The SMILES string of the molecule is CCNC(=NCC(C)CN(C)C(=O)OC(C)(C)C)NC(C)COC1CCOC1.I. The first-order valence-corrected chi connectivity index (χ1v) is 10.3. The van der Waals surface area contributed by atoms with Crippen molar-refractivity contribution < 1.29 is 19.0 Å². The highest BCUT2D eigenvalue weighted by atomic mass is 127. The Labute approximate surface area is 193 Å². The van der Waals surface area contributed by atoms with Crippen LogP contribution in [0, 0.1) is 5.92 Å². The zero-order valence-corrected chi connectivity index (χ0v) is 21.4. The zero-order chi connectivity index (χ0) is 21.2. The molecule has 1 heterocycles. The molecule has 0 saturated carbocycles. The molecule has 0 aliphatic carbocycles. The predicted molar refractivity (Wildman–Crippen MR) is 127 cm³/mol. The molecule has 0 bridgehead atoms. The summed E-state index contributed by atoms with van der Waals surface area (Å²) in [6.07, 6.45) is 0.853. The number of nitrogens with one attached hydrogen (secondary N) is 2. The van der Waals surface area contributed by atoms with E-state index in [9.17, 15) is 4.79 Å². The van der Waals surface area contributed by atoms with Crippen molar-refractivity contribution in [3.05, 3.63) is 0 Å². The van der Waals surface area contributed by atoms with E-state index >= 15 is 0 Å². The number of carbonyl (C=O) groups excluding carboxylic acids is 1. The maximum atomic E-state index is 12.1. The number of nitrogens with zero attached hydrogens (tertiary/aromatic N) is 2. The quantitative estimate of drug-likeness (QED) is 0.272. The Kier molecular flexibility index (Phi) is 13.8. The number of guanidine groups is 1. The molecule has 0 spiro atoms. The van der Waals surface area contributed by atoms with Gasteiger partial charge in [-0.1, -0.05) is 6.92 Å². The van der Waals surface area contributed by atoms with E-state index in [4.69, 9.17) is 14.2 Å². The average Bonchev–Trinajstić information content (AvgIpc) is 3.10. The molecule has 8 nitrogen and oxygen atoms in total. The lowest BCUT2D eigenvalue weighted by Crippen LogP contribution is -2.45. The van der Waals surface area contributed by atoms with Crippen LogP contribution in [-0.2, 0) is 14.2 Å². The number of halogens is 1. The number of carbonyl (C=O) groups is 1. The van der Waals surface area contributed by atoms with Crippen LogP contribution < -0.4 is 10.6 Å². The molecular formula is C20H41IN4O4.